The molecule has 0 aliphatic rings. The number of carbonyl (C=O) groups excluding carboxylic acids is 1. The normalized spacial score (nSPS) is 10.9. The summed E-state index contributed by atoms with van der Waals surface area (Å²) in [6.07, 6.45) is 2.60. The Balaban J connectivity index is 0.000000273. The summed E-state index contributed by atoms with van der Waals surface area (Å²) in [5.74, 6) is -1.83. The van der Waals surface area contributed by atoms with E-state index < -0.39 is 26.0 Å². The molecule has 0 saturated heterocycles. The molecule has 1 amide bonds. The van der Waals surface area contributed by atoms with Gasteiger partial charge in [-0.2, -0.15) is 0 Å². The van der Waals surface area contributed by atoms with Crippen molar-refractivity contribution in [2.24, 2.45) is 0 Å². The van der Waals surface area contributed by atoms with E-state index in [4.69, 9.17) is 24.9 Å². The largest absolute Gasteiger partial charge is 0.478 e. The van der Waals surface area contributed by atoms with Crippen molar-refractivity contribution in [3.05, 3.63) is 45.6 Å². The van der Waals surface area contributed by atoms with Crippen LogP contribution in [0.2, 0.25) is 4.34 Å². The number of carboxylic acids is 1. The van der Waals surface area contributed by atoms with E-state index in [1.165, 1.54) is 42.5 Å². The van der Waals surface area contributed by atoms with Crippen molar-refractivity contribution < 1.29 is 31.7 Å². The number of rotatable bonds is 4. The number of aliphatic carboxylic acids is 1. The summed E-state index contributed by atoms with van der Waals surface area (Å²) >= 11 is 1.82. The standard InChI is InChI=1S/C8H10AsNO5.C7H5ClO2S/c1-5(11)10-8-6(9(13,14)15)3-2-4-7(8)12;8-6-3-1-5(11-6)2-4-7(9)10/h2-4,12H,1H3,(H,10,11)(H2,13,14,15);1-4H,(H,9,10). The molecule has 1 heterocycles. The molecule has 5 N–H and O–H groups in total. The minimum Gasteiger partial charge on any atom is -0.478 e. The first-order valence-corrected chi connectivity index (χ1v) is 11.4. The second-order valence-electron chi connectivity index (χ2n) is 4.71. The van der Waals surface area contributed by atoms with Gasteiger partial charge in [0.05, 0.1) is 4.34 Å². The Labute approximate surface area is 160 Å². The number of hydrogen-bond donors (Lipinski definition) is 5. The average Bonchev–Trinajstić information content (AvgIpc) is 2.92. The second-order valence-corrected chi connectivity index (χ2v) is 9.75. The number of amides is 1. The monoisotopic (exact) mass is 463 g/mol. The van der Waals surface area contributed by atoms with Crippen LogP contribution in [0.25, 0.3) is 6.08 Å². The Morgan fingerprint density at radius 3 is 2.35 bits per heavy atom. The molecule has 11 heteroatoms. The number of anilines is 1. The molecule has 1 aromatic carbocycles. The minimum absolute atomic E-state index is 0.225. The van der Waals surface area contributed by atoms with Crippen LogP contribution in [0.3, 0.4) is 0 Å². The molecule has 0 aliphatic carbocycles. The zero-order valence-electron chi connectivity index (χ0n) is 13.3. The average molecular weight is 464 g/mol. The molecule has 26 heavy (non-hydrogen) atoms. The first kappa shape index (κ1) is 22.0. The number of phenols is 1. The second kappa shape index (κ2) is 9.61. The third-order valence-electron chi connectivity index (χ3n) is 2.62. The van der Waals surface area contributed by atoms with Crippen LogP contribution in [0.4, 0.5) is 5.69 Å². The van der Waals surface area contributed by atoms with Crippen molar-refractivity contribution in [2.45, 2.75) is 6.92 Å². The van der Waals surface area contributed by atoms with Gasteiger partial charge in [0, 0.05) is 11.0 Å². The number of thiophene rings is 1. The summed E-state index contributed by atoms with van der Waals surface area (Å²) in [5.41, 5.74) is -0.225. The van der Waals surface area contributed by atoms with Crippen LogP contribution in [-0.2, 0) is 13.3 Å². The molecule has 0 bridgehead atoms. The van der Waals surface area contributed by atoms with Gasteiger partial charge >= 0.3 is 94.1 Å². The summed E-state index contributed by atoms with van der Waals surface area (Å²) in [5, 5.41) is 19.8. The Morgan fingerprint density at radius 1 is 1.23 bits per heavy atom. The third-order valence-corrected chi connectivity index (χ3v) is 5.91. The van der Waals surface area contributed by atoms with Crippen molar-refractivity contribution >= 4 is 65.1 Å². The molecule has 0 unspecified atom stereocenters. The fourth-order valence-electron chi connectivity index (χ4n) is 1.65. The van der Waals surface area contributed by atoms with Gasteiger partial charge in [0.15, 0.2) is 0 Å². The van der Waals surface area contributed by atoms with E-state index in [0.717, 1.165) is 11.0 Å². The van der Waals surface area contributed by atoms with Crippen molar-refractivity contribution in [3.8, 4) is 5.75 Å². The zero-order valence-corrected chi connectivity index (χ0v) is 16.7. The van der Waals surface area contributed by atoms with E-state index in [9.17, 15) is 18.4 Å². The van der Waals surface area contributed by atoms with E-state index in [1.54, 1.807) is 12.1 Å². The maximum absolute atomic E-state index is 11.1. The number of halogens is 1. The molecule has 0 atom stereocenters. The van der Waals surface area contributed by atoms with Crippen molar-refractivity contribution in [2.75, 3.05) is 5.32 Å². The van der Waals surface area contributed by atoms with Gasteiger partial charge in [-0.05, 0) is 18.2 Å². The summed E-state index contributed by atoms with van der Waals surface area (Å²) < 4.78 is 29.4. The number of carbonyl (C=O) groups is 2. The molecule has 8 nitrogen and oxygen atoms in total. The number of phenolic OH excluding ortho intramolecular Hbond substituents is 1. The van der Waals surface area contributed by atoms with Crippen LogP contribution in [0, 0.1) is 0 Å². The maximum Gasteiger partial charge on any atom is 0.328 e. The quantitative estimate of drug-likeness (QED) is 0.262. The first-order valence-electron chi connectivity index (χ1n) is 6.82. The summed E-state index contributed by atoms with van der Waals surface area (Å²) in [7, 11) is 0. The zero-order chi connectivity index (χ0) is 19.9. The Bertz CT molecular complexity index is 875. The van der Waals surface area contributed by atoms with Crippen LogP contribution in [0.1, 0.15) is 11.8 Å². The molecule has 0 radical (unpaired) electrons. The van der Waals surface area contributed by atoms with Gasteiger partial charge in [-0.25, -0.2) is 4.79 Å². The van der Waals surface area contributed by atoms with Gasteiger partial charge in [-0.1, -0.05) is 11.6 Å². The van der Waals surface area contributed by atoms with E-state index in [0.29, 0.717) is 4.34 Å². The first-order chi connectivity index (χ1) is 12.0. The van der Waals surface area contributed by atoms with Crippen LogP contribution in [0.5, 0.6) is 5.75 Å². The number of benzene rings is 1. The minimum atomic E-state index is -5.14. The fourth-order valence-corrected chi connectivity index (χ4v) is 4.17. The van der Waals surface area contributed by atoms with Gasteiger partial charge in [0.1, 0.15) is 0 Å². The number of hydrogen-bond acceptors (Lipinski definition) is 5. The molecule has 0 fully saturated rings. The predicted molar refractivity (Wildman–Crippen MR) is 98.9 cm³/mol. The molecular formula is C15H15AsClNO7S. The summed E-state index contributed by atoms with van der Waals surface area (Å²) in [6.45, 7) is 1.18. The van der Waals surface area contributed by atoms with Gasteiger partial charge in [0.2, 0.25) is 0 Å². The Hall–Kier alpha value is -2.03. The van der Waals surface area contributed by atoms with E-state index in [-0.39, 0.29) is 15.8 Å². The number of nitrogens with one attached hydrogen (secondary N) is 1. The number of para-hydroxylation sites is 1. The van der Waals surface area contributed by atoms with Crippen molar-refractivity contribution in [1.29, 1.82) is 0 Å². The van der Waals surface area contributed by atoms with Crippen LogP contribution >= 0.6 is 22.9 Å². The van der Waals surface area contributed by atoms with Crippen LogP contribution in [-0.4, -0.2) is 44.5 Å². The van der Waals surface area contributed by atoms with Crippen LogP contribution < -0.4 is 9.67 Å². The van der Waals surface area contributed by atoms with Gasteiger partial charge in [-0.3, -0.25) is 0 Å². The molecule has 140 valence electrons. The molecule has 2 aromatic rings. The van der Waals surface area contributed by atoms with Crippen molar-refractivity contribution in [3.63, 3.8) is 0 Å². The van der Waals surface area contributed by atoms with Crippen LogP contribution in [0.15, 0.2) is 36.4 Å². The number of aromatic hydroxyl groups is 1. The Morgan fingerprint density at radius 2 is 1.88 bits per heavy atom. The number of carboxylic acid groups (broad SMARTS) is 1. The molecular weight excluding hydrogens is 449 g/mol. The van der Waals surface area contributed by atoms with Gasteiger partial charge < -0.3 is 5.11 Å². The molecule has 2 rings (SSSR count). The maximum atomic E-state index is 11.1. The molecule has 0 saturated carbocycles. The van der Waals surface area contributed by atoms with E-state index >= 15 is 0 Å². The van der Waals surface area contributed by atoms with E-state index in [1.807, 2.05) is 0 Å². The predicted octanol–water partition coefficient (Wildman–Crippen LogP) is 1.41. The van der Waals surface area contributed by atoms with Gasteiger partial charge in [-0.15, -0.1) is 11.3 Å². The molecule has 0 spiro atoms. The summed E-state index contributed by atoms with van der Waals surface area (Å²) in [6, 6.07) is 7.21. The topological polar surface area (TPSA) is 144 Å². The SMILES string of the molecule is CC(=O)Nc1c(O)cccc1[As](=O)(O)O.O=C(O)C=Cc1ccc(Cl)s1. The van der Waals surface area contributed by atoms with Gasteiger partial charge in [0.25, 0.3) is 0 Å². The third kappa shape index (κ3) is 7.47. The molecule has 0 aliphatic heterocycles. The summed E-state index contributed by atoms with van der Waals surface area (Å²) in [4.78, 5) is 21.7. The fraction of sp³-hybridized carbons (Fsp3) is 0.0667. The smallest absolute Gasteiger partial charge is 0.328 e. The molecule has 1 aromatic heterocycles. The van der Waals surface area contributed by atoms with Crippen molar-refractivity contribution in [1.82, 2.24) is 0 Å². The Kier molecular flexibility index (Phi) is 8.13. The van der Waals surface area contributed by atoms with E-state index in [2.05, 4.69) is 5.32 Å².